The highest BCUT2D eigenvalue weighted by atomic mass is 32.2. The average Bonchev–Trinajstić information content (AvgIpc) is 2.64. The Balaban J connectivity index is 2.03. The van der Waals surface area contributed by atoms with Crippen LogP contribution in [0.2, 0.25) is 0 Å². The topological polar surface area (TPSA) is 128 Å². The molecule has 0 unspecified atom stereocenters. The first-order valence-electron chi connectivity index (χ1n) is 8.28. The van der Waals surface area contributed by atoms with Crippen molar-refractivity contribution in [3.63, 3.8) is 0 Å². The molecule has 0 radical (unpaired) electrons. The molecule has 1 amide bonds. The smallest absolute Gasteiger partial charge is 0.293 e. The molecule has 2 aromatic rings. The van der Waals surface area contributed by atoms with Gasteiger partial charge in [-0.25, -0.2) is 8.42 Å². The van der Waals surface area contributed by atoms with Gasteiger partial charge in [-0.05, 0) is 31.2 Å². The Morgan fingerprint density at radius 2 is 1.89 bits per heavy atom. The lowest BCUT2D eigenvalue weighted by Gasteiger charge is -2.11. The number of methoxy groups -OCH3 is 1. The molecule has 0 spiro atoms. The van der Waals surface area contributed by atoms with Crippen LogP contribution in [0.1, 0.15) is 15.9 Å². The van der Waals surface area contributed by atoms with Crippen molar-refractivity contribution in [3.8, 4) is 5.75 Å². The second-order valence-electron chi connectivity index (χ2n) is 6.09. The molecule has 0 aliphatic carbocycles. The van der Waals surface area contributed by atoms with Crippen molar-refractivity contribution in [1.29, 1.82) is 0 Å². The van der Waals surface area contributed by atoms with Crippen molar-refractivity contribution < 1.29 is 22.9 Å². The highest BCUT2D eigenvalue weighted by Crippen LogP contribution is 2.27. The predicted octanol–water partition coefficient (Wildman–Crippen LogP) is 2.16. The Morgan fingerprint density at radius 3 is 2.50 bits per heavy atom. The van der Waals surface area contributed by atoms with Gasteiger partial charge in [0, 0.05) is 25.4 Å². The summed E-state index contributed by atoms with van der Waals surface area (Å²) in [5.74, 6) is 0.118. The Bertz CT molecular complexity index is 1000. The molecular formula is C18H21N3O6S. The molecule has 150 valence electrons. The molecule has 0 aliphatic heterocycles. The number of carbonyl (C=O) groups is 1. The molecule has 0 saturated carbocycles. The first kappa shape index (κ1) is 21.2. The lowest BCUT2D eigenvalue weighted by molar-refractivity contribution is -0.384. The van der Waals surface area contributed by atoms with Gasteiger partial charge in [0.25, 0.3) is 11.6 Å². The number of hydrogen-bond donors (Lipinski definition) is 2. The van der Waals surface area contributed by atoms with Gasteiger partial charge < -0.3 is 15.4 Å². The van der Waals surface area contributed by atoms with Crippen LogP contribution in [0.3, 0.4) is 0 Å². The van der Waals surface area contributed by atoms with Crippen molar-refractivity contribution in [2.75, 3.05) is 31.8 Å². The number of benzene rings is 2. The van der Waals surface area contributed by atoms with Crippen molar-refractivity contribution >= 4 is 27.1 Å². The van der Waals surface area contributed by atoms with Crippen molar-refractivity contribution in [1.82, 2.24) is 5.32 Å². The fourth-order valence-electron chi connectivity index (χ4n) is 2.51. The van der Waals surface area contributed by atoms with Crippen LogP contribution in [-0.4, -0.2) is 45.7 Å². The summed E-state index contributed by atoms with van der Waals surface area (Å²) < 4.78 is 28.3. The SMILES string of the molecule is COc1ccc(C)cc1C(=O)NCCNc1ccc(S(C)(=O)=O)cc1[N+](=O)[O-]. The minimum Gasteiger partial charge on any atom is -0.496 e. The van der Waals surface area contributed by atoms with Crippen molar-refractivity contribution in [3.05, 3.63) is 57.6 Å². The summed E-state index contributed by atoms with van der Waals surface area (Å²) in [5.41, 5.74) is 1.12. The predicted molar refractivity (Wildman–Crippen MR) is 105 cm³/mol. The van der Waals surface area contributed by atoms with Gasteiger partial charge in [-0.2, -0.15) is 0 Å². The molecule has 9 nitrogen and oxygen atoms in total. The molecular weight excluding hydrogens is 386 g/mol. The normalized spacial score (nSPS) is 11.0. The van der Waals surface area contributed by atoms with Gasteiger partial charge in [-0.1, -0.05) is 11.6 Å². The first-order chi connectivity index (χ1) is 13.1. The minimum absolute atomic E-state index is 0.135. The van der Waals surface area contributed by atoms with Crippen LogP contribution in [0.4, 0.5) is 11.4 Å². The molecule has 0 heterocycles. The third kappa shape index (κ3) is 5.19. The van der Waals surface area contributed by atoms with Gasteiger partial charge >= 0.3 is 0 Å². The van der Waals surface area contributed by atoms with E-state index in [1.165, 1.54) is 19.2 Å². The number of carbonyl (C=O) groups excluding carboxylic acids is 1. The van der Waals surface area contributed by atoms with E-state index in [2.05, 4.69) is 10.6 Å². The van der Waals surface area contributed by atoms with E-state index < -0.39 is 14.8 Å². The van der Waals surface area contributed by atoms with Gasteiger partial charge in [0.2, 0.25) is 0 Å². The van der Waals surface area contributed by atoms with Gasteiger partial charge in [-0.15, -0.1) is 0 Å². The van der Waals surface area contributed by atoms with E-state index in [4.69, 9.17) is 4.74 Å². The van der Waals surface area contributed by atoms with Crippen LogP contribution in [0.5, 0.6) is 5.75 Å². The lowest BCUT2D eigenvalue weighted by atomic mass is 10.1. The molecule has 0 aliphatic rings. The van der Waals surface area contributed by atoms with E-state index >= 15 is 0 Å². The number of amides is 1. The van der Waals surface area contributed by atoms with E-state index in [0.717, 1.165) is 17.9 Å². The molecule has 28 heavy (non-hydrogen) atoms. The number of sulfone groups is 1. The summed E-state index contributed by atoms with van der Waals surface area (Å²) in [5, 5.41) is 16.8. The summed E-state index contributed by atoms with van der Waals surface area (Å²) in [6, 6.07) is 8.87. The van der Waals surface area contributed by atoms with Crippen LogP contribution in [0, 0.1) is 17.0 Å². The van der Waals surface area contributed by atoms with Gasteiger partial charge in [-0.3, -0.25) is 14.9 Å². The third-order valence-electron chi connectivity index (χ3n) is 3.92. The average molecular weight is 407 g/mol. The van der Waals surface area contributed by atoms with Crippen molar-refractivity contribution in [2.24, 2.45) is 0 Å². The number of nitrogens with one attached hydrogen (secondary N) is 2. The molecule has 2 N–H and O–H groups in total. The number of nitro groups is 1. The van der Waals surface area contributed by atoms with Crippen LogP contribution in [0.25, 0.3) is 0 Å². The van der Waals surface area contributed by atoms with Crippen LogP contribution < -0.4 is 15.4 Å². The lowest BCUT2D eigenvalue weighted by Crippen LogP contribution is -2.29. The summed E-state index contributed by atoms with van der Waals surface area (Å²) in [6.07, 6.45) is 0.980. The number of aryl methyl sites for hydroxylation is 1. The van der Waals surface area contributed by atoms with Crippen LogP contribution >= 0.6 is 0 Å². The number of nitro benzene ring substituents is 1. The van der Waals surface area contributed by atoms with E-state index in [9.17, 15) is 23.3 Å². The maximum absolute atomic E-state index is 12.3. The second kappa shape index (κ2) is 8.70. The highest BCUT2D eigenvalue weighted by molar-refractivity contribution is 7.90. The Kier molecular flexibility index (Phi) is 6.57. The van der Waals surface area contributed by atoms with E-state index in [0.29, 0.717) is 11.3 Å². The maximum Gasteiger partial charge on any atom is 0.293 e. The maximum atomic E-state index is 12.3. The number of hydrogen-bond acceptors (Lipinski definition) is 7. The molecule has 2 rings (SSSR count). The summed E-state index contributed by atoms with van der Waals surface area (Å²) in [7, 11) is -2.08. The van der Waals surface area contributed by atoms with E-state index in [1.54, 1.807) is 12.1 Å². The summed E-state index contributed by atoms with van der Waals surface area (Å²) in [4.78, 5) is 22.7. The molecule has 2 aromatic carbocycles. The third-order valence-corrected chi connectivity index (χ3v) is 5.03. The quantitative estimate of drug-likeness (QED) is 0.390. The first-order valence-corrected chi connectivity index (χ1v) is 10.2. The fraction of sp³-hybridized carbons (Fsp3) is 0.278. The Morgan fingerprint density at radius 1 is 1.18 bits per heavy atom. The van der Waals surface area contributed by atoms with Crippen LogP contribution in [0.15, 0.2) is 41.3 Å². The van der Waals surface area contributed by atoms with E-state index in [1.807, 2.05) is 13.0 Å². The zero-order chi connectivity index (χ0) is 20.9. The summed E-state index contributed by atoms with van der Waals surface area (Å²) >= 11 is 0. The molecule has 0 saturated heterocycles. The number of nitrogens with zero attached hydrogens (tertiary/aromatic N) is 1. The molecule has 0 aromatic heterocycles. The standard InChI is InChI=1S/C18H21N3O6S/c1-12-4-7-17(27-2)14(10-12)18(22)20-9-8-19-15-6-5-13(28(3,25)26)11-16(15)21(23)24/h4-7,10-11,19H,8-9H2,1-3H3,(H,20,22). The Labute approximate surface area is 162 Å². The van der Waals surface area contributed by atoms with Gasteiger partial charge in [0.15, 0.2) is 9.84 Å². The minimum atomic E-state index is -3.55. The number of ether oxygens (including phenoxy) is 1. The largest absolute Gasteiger partial charge is 0.496 e. The van der Waals surface area contributed by atoms with Gasteiger partial charge in [0.1, 0.15) is 11.4 Å². The van der Waals surface area contributed by atoms with Gasteiger partial charge in [0.05, 0.1) is 22.5 Å². The monoisotopic (exact) mass is 407 g/mol. The number of anilines is 1. The number of rotatable bonds is 8. The van der Waals surface area contributed by atoms with E-state index in [-0.39, 0.29) is 35.3 Å². The highest BCUT2D eigenvalue weighted by Gasteiger charge is 2.18. The molecule has 0 fully saturated rings. The second-order valence-corrected chi connectivity index (χ2v) is 8.11. The molecule has 0 atom stereocenters. The van der Waals surface area contributed by atoms with Crippen LogP contribution in [-0.2, 0) is 9.84 Å². The molecule has 0 bridgehead atoms. The Hall–Kier alpha value is -3.14. The van der Waals surface area contributed by atoms with Crippen molar-refractivity contribution in [2.45, 2.75) is 11.8 Å². The molecule has 10 heteroatoms. The summed E-state index contributed by atoms with van der Waals surface area (Å²) in [6.45, 7) is 2.26. The zero-order valence-corrected chi connectivity index (χ0v) is 16.5. The fourth-order valence-corrected chi connectivity index (χ4v) is 3.15. The zero-order valence-electron chi connectivity index (χ0n) is 15.7.